The van der Waals surface area contributed by atoms with Crippen LogP contribution in [-0.2, 0) is 0 Å². The first-order valence-corrected chi connectivity index (χ1v) is 21.9. The Hall–Kier alpha value is -8.19. The zero-order valence-corrected chi connectivity index (χ0v) is 34.6. The number of furan rings is 1. The Morgan fingerprint density at radius 1 is 0.381 bits per heavy atom. The van der Waals surface area contributed by atoms with Crippen molar-refractivity contribution < 1.29 is 4.42 Å². The molecule has 0 spiro atoms. The van der Waals surface area contributed by atoms with E-state index in [0.717, 1.165) is 72.1 Å². The van der Waals surface area contributed by atoms with E-state index in [1.165, 1.54) is 36.5 Å². The van der Waals surface area contributed by atoms with Crippen LogP contribution in [0.15, 0.2) is 211 Å². The van der Waals surface area contributed by atoms with Gasteiger partial charge in [-0.25, -0.2) is 15.0 Å². The van der Waals surface area contributed by atoms with Gasteiger partial charge in [0.2, 0.25) is 0 Å². The zero-order valence-electron chi connectivity index (χ0n) is 33.7. The van der Waals surface area contributed by atoms with Gasteiger partial charge in [-0.1, -0.05) is 152 Å². The van der Waals surface area contributed by atoms with Crippen molar-refractivity contribution in [1.29, 1.82) is 0 Å². The Labute approximate surface area is 365 Å². The van der Waals surface area contributed by atoms with Crippen LogP contribution in [0.5, 0.6) is 0 Å². The van der Waals surface area contributed by atoms with Crippen LogP contribution in [0.2, 0.25) is 0 Å². The minimum absolute atomic E-state index is 0.577. The average molecular weight is 823 g/mol. The number of thiophene rings is 1. The summed E-state index contributed by atoms with van der Waals surface area (Å²) in [5.41, 5.74) is 12.1. The molecule has 0 unspecified atom stereocenters. The average Bonchev–Trinajstić information content (AvgIpc) is 4.04. The van der Waals surface area contributed by atoms with Crippen molar-refractivity contribution in [3.05, 3.63) is 206 Å². The molecule has 13 aromatic rings. The fraction of sp³-hybridized carbons (Fsp3) is 0. The molecule has 0 amide bonds. The Morgan fingerprint density at radius 2 is 0.984 bits per heavy atom. The quantitative estimate of drug-likeness (QED) is 0.168. The second kappa shape index (κ2) is 14.2. The van der Waals surface area contributed by atoms with Gasteiger partial charge < -0.3 is 8.98 Å². The highest BCUT2D eigenvalue weighted by molar-refractivity contribution is 7.26. The first-order chi connectivity index (χ1) is 31.2. The van der Waals surface area contributed by atoms with Gasteiger partial charge in [-0.15, -0.1) is 11.3 Å². The van der Waals surface area contributed by atoms with Crippen LogP contribution in [-0.4, -0.2) is 19.5 Å². The molecule has 13 rings (SSSR count). The molecule has 0 N–H and O–H groups in total. The van der Waals surface area contributed by atoms with Gasteiger partial charge in [-0.3, -0.25) is 0 Å². The standard InChI is InChI=1S/C57H34N4OS/c1-4-15-35(16-5-1)38-31-39(36-17-6-2-7-18-36)33-40(32-38)56-58-55(37-19-8-3-9-20-37)59-57(60-56)46-23-14-25-50-52(46)47-34-41(27-30-49(47)62-50)61-48-24-12-10-21-42(48)44-28-29-45-43-22-11-13-26-51(43)63-54(45)53(44)61/h1-34H. The Morgan fingerprint density at radius 3 is 1.73 bits per heavy atom. The fourth-order valence-electron chi connectivity index (χ4n) is 9.33. The molecule has 4 aromatic heterocycles. The maximum Gasteiger partial charge on any atom is 0.164 e. The normalized spacial score (nSPS) is 11.8. The third-order valence-corrected chi connectivity index (χ3v) is 13.4. The predicted molar refractivity (Wildman–Crippen MR) is 262 cm³/mol. The summed E-state index contributed by atoms with van der Waals surface area (Å²) < 4.78 is 11.6. The van der Waals surface area contributed by atoms with Crippen LogP contribution in [0.4, 0.5) is 0 Å². The lowest BCUT2D eigenvalue weighted by atomic mass is 9.96. The number of hydrogen-bond donors (Lipinski definition) is 0. The van der Waals surface area contributed by atoms with Gasteiger partial charge in [-0.2, -0.15) is 0 Å². The summed E-state index contributed by atoms with van der Waals surface area (Å²) in [5, 5.41) is 6.97. The molecule has 0 saturated heterocycles. The van der Waals surface area contributed by atoms with Gasteiger partial charge in [0, 0.05) is 59.4 Å². The van der Waals surface area contributed by atoms with E-state index in [1.807, 2.05) is 53.8 Å². The van der Waals surface area contributed by atoms with Crippen molar-refractivity contribution in [2.24, 2.45) is 0 Å². The van der Waals surface area contributed by atoms with Gasteiger partial charge in [0.25, 0.3) is 0 Å². The SMILES string of the molecule is c1ccc(-c2cc(-c3ccccc3)cc(-c3nc(-c4ccccc4)nc(-c4cccc5oc6ccc(-n7c8ccccc8c8ccc9c%10ccccc%10sc9c87)cc6c45)n3)c2)cc1. The smallest absolute Gasteiger partial charge is 0.164 e. The Balaban J connectivity index is 1.05. The molecule has 294 valence electrons. The second-order valence-electron chi connectivity index (χ2n) is 16.0. The molecule has 5 nitrogen and oxygen atoms in total. The van der Waals surface area contributed by atoms with Crippen LogP contribution in [0.1, 0.15) is 0 Å². The van der Waals surface area contributed by atoms with E-state index in [2.05, 4.69) is 168 Å². The summed E-state index contributed by atoms with van der Waals surface area (Å²) in [6.07, 6.45) is 0. The molecule has 0 fully saturated rings. The largest absolute Gasteiger partial charge is 0.456 e. The lowest BCUT2D eigenvalue weighted by Crippen LogP contribution is -2.01. The molecular weight excluding hydrogens is 789 g/mol. The third-order valence-electron chi connectivity index (χ3n) is 12.2. The van der Waals surface area contributed by atoms with Crippen LogP contribution in [0, 0.1) is 0 Å². The first-order valence-electron chi connectivity index (χ1n) is 21.1. The number of para-hydroxylation sites is 1. The molecular formula is C57H34N4OS. The van der Waals surface area contributed by atoms with E-state index in [0.29, 0.717) is 17.5 Å². The molecule has 0 atom stereocenters. The minimum atomic E-state index is 0.577. The molecule has 9 aromatic carbocycles. The Bertz CT molecular complexity index is 3850. The third kappa shape index (κ3) is 5.80. The molecule has 0 saturated carbocycles. The lowest BCUT2D eigenvalue weighted by Gasteiger charge is -2.13. The lowest BCUT2D eigenvalue weighted by molar-refractivity contribution is 0.669. The van der Waals surface area contributed by atoms with E-state index in [-0.39, 0.29) is 0 Å². The fourth-order valence-corrected chi connectivity index (χ4v) is 10.6. The van der Waals surface area contributed by atoms with E-state index in [1.54, 1.807) is 0 Å². The van der Waals surface area contributed by atoms with E-state index < -0.39 is 0 Å². The maximum atomic E-state index is 6.65. The monoisotopic (exact) mass is 822 g/mol. The number of benzene rings is 9. The summed E-state index contributed by atoms with van der Waals surface area (Å²) in [6, 6.07) is 72.5. The minimum Gasteiger partial charge on any atom is -0.456 e. The van der Waals surface area contributed by atoms with Crippen molar-refractivity contribution in [2.45, 2.75) is 0 Å². The summed E-state index contributed by atoms with van der Waals surface area (Å²) in [7, 11) is 0. The second-order valence-corrected chi connectivity index (χ2v) is 17.0. The molecule has 63 heavy (non-hydrogen) atoms. The van der Waals surface area contributed by atoms with E-state index in [9.17, 15) is 0 Å². The molecule has 4 heterocycles. The molecule has 0 aliphatic carbocycles. The van der Waals surface area contributed by atoms with Crippen molar-refractivity contribution in [1.82, 2.24) is 19.5 Å². The van der Waals surface area contributed by atoms with E-state index in [4.69, 9.17) is 19.4 Å². The molecule has 6 heteroatoms. The zero-order chi connectivity index (χ0) is 41.4. The van der Waals surface area contributed by atoms with Crippen LogP contribution in [0.3, 0.4) is 0 Å². The highest BCUT2D eigenvalue weighted by Crippen LogP contribution is 2.44. The topological polar surface area (TPSA) is 56.7 Å². The highest BCUT2D eigenvalue weighted by atomic mass is 32.1. The van der Waals surface area contributed by atoms with Gasteiger partial charge in [-0.05, 0) is 76.9 Å². The van der Waals surface area contributed by atoms with Gasteiger partial charge >= 0.3 is 0 Å². The van der Waals surface area contributed by atoms with Gasteiger partial charge in [0.1, 0.15) is 11.2 Å². The maximum absolute atomic E-state index is 6.65. The summed E-state index contributed by atoms with van der Waals surface area (Å²) in [6.45, 7) is 0. The summed E-state index contributed by atoms with van der Waals surface area (Å²) >= 11 is 1.86. The number of nitrogens with zero attached hydrogens (tertiary/aromatic N) is 4. The number of fused-ring (bicyclic) bond motifs is 10. The summed E-state index contributed by atoms with van der Waals surface area (Å²) in [5.74, 6) is 1.77. The van der Waals surface area contributed by atoms with Crippen molar-refractivity contribution in [3.63, 3.8) is 0 Å². The van der Waals surface area contributed by atoms with Gasteiger partial charge in [0.05, 0.1) is 15.7 Å². The van der Waals surface area contributed by atoms with Crippen molar-refractivity contribution in [2.75, 3.05) is 0 Å². The molecule has 0 aliphatic heterocycles. The summed E-state index contributed by atoms with van der Waals surface area (Å²) in [4.78, 5) is 15.8. The van der Waals surface area contributed by atoms with Crippen LogP contribution in [0.25, 0.3) is 126 Å². The highest BCUT2D eigenvalue weighted by Gasteiger charge is 2.22. The number of hydrogen-bond acceptors (Lipinski definition) is 5. The molecule has 0 radical (unpaired) electrons. The van der Waals surface area contributed by atoms with Crippen molar-refractivity contribution >= 4 is 75.3 Å². The molecule has 0 aliphatic rings. The van der Waals surface area contributed by atoms with Gasteiger partial charge in [0.15, 0.2) is 17.5 Å². The predicted octanol–water partition coefficient (Wildman–Crippen LogP) is 15.6. The van der Waals surface area contributed by atoms with Crippen molar-refractivity contribution in [3.8, 4) is 62.1 Å². The van der Waals surface area contributed by atoms with Crippen LogP contribution >= 0.6 is 11.3 Å². The number of rotatable bonds is 6. The molecule has 0 bridgehead atoms. The van der Waals surface area contributed by atoms with E-state index >= 15 is 0 Å². The Kier molecular flexibility index (Phi) is 8.01. The van der Waals surface area contributed by atoms with Crippen LogP contribution < -0.4 is 0 Å². The first kappa shape index (κ1) is 35.6. The number of aromatic nitrogens is 4.